The zero-order valence-electron chi connectivity index (χ0n) is 10.3. The van der Waals surface area contributed by atoms with Crippen LogP contribution in [-0.4, -0.2) is 35.6 Å². The molecular weight excluding hydrogens is 178 g/mol. The summed E-state index contributed by atoms with van der Waals surface area (Å²) in [7, 11) is 0. The normalized spacial score (nSPS) is 14.2. The standard InChI is InChI=1S/C11H23NO2/c1-7-12(8-2)9(3)10(13)14-11(4,5)6/h9H,7-8H2,1-6H3. The molecule has 0 fully saturated rings. The highest BCUT2D eigenvalue weighted by Gasteiger charge is 2.24. The monoisotopic (exact) mass is 201 g/mol. The molecule has 3 nitrogen and oxygen atoms in total. The van der Waals surface area contributed by atoms with Crippen molar-refractivity contribution in [2.45, 2.75) is 53.2 Å². The van der Waals surface area contributed by atoms with E-state index in [-0.39, 0.29) is 12.0 Å². The van der Waals surface area contributed by atoms with Crippen LogP contribution in [0.25, 0.3) is 0 Å². The summed E-state index contributed by atoms with van der Waals surface area (Å²) in [5.41, 5.74) is -0.390. The quantitative estimate of drug-likeness (QED) is 0.652. The molecule has 0 spiro atoms. The van der Waals surface area contributed by atoms with Gasteiger partial charge in [-0.3, -0.25) is 9.69 Å². The Bertz CT molecular complexity index is 180. The van der Waals surface area contributed by atoms with Crippen molar-refractivity contribution in [1.29, 1.82) is 0 Å². The van der Waals surface area contributed by atoms with Gasteiger partial charge in [-0.25, -0.2) is 0 Å². The highest BCUT2D eigenvalue weighted by atomic mass is 16.6. The van der Waals surface area contributed by atoms with Gasteiger partial charge in [0.05, 0.1) is 0 Å². The van der Waals surface area contributed by atoms with Crippen LogP contribution in [0.5, 0.6) is 0 Å². The van der Waals surface area contributed by atoms with E-state index in [1.807, 2.05) is 41.5 Å². The van der Waals surface area contributed by atoms with Crippen LogP contribution in [-0.2, 0) is 9.53 Å². The van der Waals surface area contributed by atoms with E-state index >= 15 is 0 Å². The number of ether oxygens (including phenoxy) is 1. The lowest BCUT2D eigenvalue weighted by Gasteiger charge is -2.28. The zero-order chi connectivity index (χ0) is 11.4. The summed E-state index contributed by atoms with van der Waals surface area (Å²) in [6, 6.07) is -0.149. The lowest BCUT2D eigenvalue weighted by Crippen LogP contribution is -2.42. The Labute approximate surface area is 87.4 Å². The van der Waals surface area contributed by atoms with E-state index < -0.39 is 5.60 Å². The van der Waals surface area contributed by atoms with E-state index in [0.29, 0.717) is 0 Å². The van der Waals surface area contributed by atoms with Gasteiger partial charge in [0.25, 0.3) is 0 Å². The summed E-state index contributed by atoms with van der Waals surface area (Å²) >= 11 is 0. The minimum atomic E-state index is -0.390. The van der Waals surface area contributed by atoms with E-state index in [1.54, 1.807) is 0 Å². The predicted octanol–water partition coefficient (Wildman–Crippen LogP) is 2.06. The third-order valence-corrected chi connectivity index (χ3v) is 2.11. The first-order chi connectivity index (χ1) is 6.31. The molecule has 14 heavy (non-hydrogen) atoms. The van der Waals surface area contributed by atoms with Gasteiger partial charge in [-0.15, -0.1) is 0 Å². The SMILES string of the molecule is CCN(CC)C(C)C(=O)OC(C)(C)C. The molecule has 0 aliphatic heterocycles. The van der Waals surface area contributed by atoms with Crippen molar-refractivity contribution in [2.24, 2.45) is 0 Å². The van der Waals surface area contributed by atoms with Gasteiger partial charge in [0.15, 0.2) is 0 Å². The fourth-order valence-corrected chi connectivity index (χ4v) is 1.31. The van der Waals surface area contributed by atoms with E-state index in [0.717, 1.165) is 13.1 Å². The summed E-state index contributed by atoms with van der Waals surface area (Å²) in [4.78, 5) is 13.7. The summed E-state index contributed by atoms with van der Waals surface area (Å²) in [6.45, 7) is 13.4. The van der Waals surface area contributed by atoms with Crippen LogP contribution in [0.2, 0.25) is 0 Å². The maximum Gasteiger partial charge on any atom is 0.323 e. The Morgan fingerprint density at radius 3 is 2.00 bits per heavy atom. The molecule has 1 unspecified atom stereocenters. The van der Waals surface area contributed by atoms with E-state index in [9.17, 15) is 4.79 Å². The molecule has 0 radical (unpaired) electrons. The Kier molecular flexibility index (Phi) is 5.13. The Morgan fingerprint density at radius 2 is 1.71 bits per heavy atom. The van der Waals surface area contributed by atoms with Crippen molar-refractivity contribution in [1.82, 2.24) is 4.90 Å². The second-order valence-electron chi connectivity index (χ2n) is 4.43. The molecule has 0 aromatic carbocycles. The van der Waals surface area contributed by atoms with Crippen molar-refractivity contribution in [3.05, 3.63) is 0 Å². The molecule has 0 aliphatic rings. The van der Waals surface area contributed by atoms with Gasteiger partial charge in [0, 0.05) is 0 Å². The summed E-state index contributed by atoms with van der Waals surface area (Å²) in [5.74, 6) is -0.138. The average molecular weight is 201 g/mol. The molecule has 84 valence electrons. The van der Waals surface area contributed by atoms with Crippen LogP contribution in [0, 0.1) is 0 Å². The maximum absolute atomic E-state index is 11.7. The predicted molar refractivity (Wildman–Crippen MR) is 58.2 cm³/mol. The number of rotatable bonds is 4. The fraction of sp³-hybridized carbons (Fsp3) is 0.909. The third-order valence-electron chi connectivity index (χ3n) is 2.11. The van der Waals surface area contributed by atoms with Gasteiger partial charge < -0.3 is 4.74 Å². The number of hydrogen-bond donors (Lipinski definition) is 0. The van der Waals surface area contributed by atoms with Crippen LogP contribution in [0.3, 0.4) is 0 Å². The molecule has 0 saturated carbocycles. The van der Waals surface area contributed by atoms with Gasteiger partial charge >= 0.3 is 5.97 Å². The Morgan fingerprint density at radius 1 is 1.29 bits per heavy atom. The number of esters is 1. The van der Waals surface area contributed by atoms with Crippen molar-refractivity contribution < 1.29 is 9.53 Å². The molecule has 0 N–H and O–H groups in total. The highest BCUT2D eigenvalue weighted by Crippen LogP contribution is 2.10. The molecule has 0 bridgehead atoms. The van der Waals surface area contributed by atoms with Gasteiger partial charge in [-0.1, -0.05) is 13.8 Å². The minimum Gasteiger partial charge on any atom is -0.459 e. The molecule has 0 rings (SSSR count). The fourth-order valence-electron chi connectivity index (χ4n) is 1.31. The van der Waals surface area contributed by atoms with Crippen LogP contribution < -0.4 is 0 Å². The number of likely N-dealkylation sites (N-methyl/N-ethyl adjacent to an activating group) is 1. The minimum absolute atomic E-state index is 0.138. The lowest BCUT2D eigenvalue weighted by atomic mass is 10.2. The van der Waals surface area contributed by atoms with Gasteiger partial charge in [0.1, 0.15) is 11.6 Å². The Balaban J connectivity index is 4.24. The molecule has 0 amide bonds. The zero-order valence-corrected chi connectivity index (χ0v) is 10.3. The van der Waals surface area contributed by atoms with Crippen molar-refractivity contribution in [3.63, 3.8) is 0 Å². The van der Waals surface area contributed by atoms with Crippen LogP contribution in [0.4, 0.5) is 0 Å². The highest BCUT2D eigenvalue weighted by molar-refractivity contribution is 5.75. The first kappa shape index (κ1) is 13.4. The molecule has 0 aromatic rings. The number of carbonyl (C=O) groups is 1. The van der Waals surface area contributed by atoms with E-state index in [2.05, 4.69) is 4.90 Å². The van der Waals surface area contributed by atoms with Crippen molar-refractivity contribution in [2.75, 3.05) is 13.1 Å². The maximum atomic E-state index is 11.7. The second-order valence-corrected chi connectivity index (χ2v) is 4.43. The van der Waals surface area contributed by atoms with Gasteiger partial charge in [-0.05, 0) is 40.8 Å². The molecule has 0 heterocycles. The van der Waals surface area contributed by atoms with E-state index in [4.69, 9.17) is 4.74 Å². The van der Waals surface area contributed by atoms with Crippen LogP contribution in [0.15, 0.2) is 0 Å². The summed E-state index contributed by atoms with van der Waals surface area (Å²) in [5, 5.41) is 0. The van der Waals surface area contributed by atoms with Gasteiger partial charge in [0.2, 0.25) is 0 Å². The largest absolute Gasteiger partial charge is 0.459 e. The number of nitrogens with zero attached hydrogens (tertiary/aromatic N) is 1. The summed E-state index contributed by atoms with van der Waals surface area (Å²) in [6.07, 6.45) is 0. The van der Waals surface area contributed by atoms with Crippen LogP contribution >= 0.6 is 0 Å². The van der Waals surface area contributed by atoms with Crippen LogP contribution in [0.1, 0.15) is 41.5 Å². The summed E-state index contributed by atoms with van der Waals surface area (Å²) < 4.78 is 5.30. The number of carbonyl (C=O) groups excluding carboxylic acids is 1. The molecule has 3 heteroatoms. The van der Waals surface area contributed by atoms with Gasteiger partial charge in [-0.2, -0.15) is 0 Å². The lowest BCUT2D eigenvalue weighted by molar-refractivity contribution is -0.160. The topological polar surface area (TPSA) is 29.5 Å². The molecule has 1 atom stereocenters. The smallest absolute Gasteiger partial charge is 0.323 e. The van der Waals surface area contributed by atoms with E-state index in [1.165, 1.54) is 0 Å². The Hall–Kier alpha value is -0.570. The first-order valence-electron chi connectivity index (χ1n) is 5.28. The van der Waals surface area contributed by atoms with Crippen molar-refractivity contribution >= 4 is 5.97 Å². The average Bonchev–Trinajstić information content (AvgIpc) is 2.03. The molecule has 0 aliphatic carbocycles. The third kappa shape index (κ3) is 4.61. The first-order valence-corrected chi connectivity index (χ1v) is 5.28. The van der Waals surface area contributed by atoms with Crippen molar-refractivity contribution in [3.8, 4) is 0 Å². The molecule has 0 aromatic heterocycles. The molecule has 0 saturated heterocycles. The second kappa shape index (κ2) is 5.35. The molecular formula is C11H23NO2. The number of hydrogen-bond acceptors (Lipinski definition) is 3.